The number of esters is 1. The fourth-order valence-electron chi connectivity index (χ4n) is 5.43. The van der Waals surface area contributed by atoms with Gasteiger partial charge in [-0.25, -0.2) is 9.79 Å². The second kappa shape index (κ2) is 22.1. The minimum Gasteiger partial charge on any atom is -0.503 e. The van der Waals surface area contributed by atoms with Crippen LogP contribution in [0.4, 0.5) is 10.1 Å². The third kappa shape index (κ3) is 11.8. The predicted octanol–water partition coefficient (Wildman–Crippen LogP) is 9.49. The number of halogens is 2. The number of methoxy groups -OCH3 is 3. The molecule has 1 amide bonds. The molecule has 0 bridgehead atoms. The number of carbonyl (C=O) groups excluding carboxylic acids is 2. The predicted molar refractivity (Wildman–Crippen MR) is 230 cm³/mol. The van der Waals surface area contributed by atoms with E-state index >= 15 is 4.39 Å². The molecule has 0 saturated heterocycles. The molecule has 1 N–H and O–H groups in total. The molecule has 4 aromatic carbocycles. The summed E-state index contributed by atoms with van der Waals surface area (Å²) in [5.74, 6) is -0.0880. The van der Waals surface area contributed by atoms with Gasteiger partial charge in [-0.15, -0.1) is 11.8 Å². The normalized spacial score (nSPS) is 12.7. The van der Waals surface area contributed by atoms with Crippen LogP contribution < -0.4 is 19.5 Å². The molecule has 1 heterocycles. The van der Waals surface area contributed by atoms with Crippen molar-refractivity contribution in [3.63, 3.8) is 0 Å². The lowest BCUT2D eigenvalue weighted by atomic mass is 10.0. The standard InChI is InChI=1S/C23H25NO4S.C21H18ClFN4O4/c1-26-14-21(23(25)28-3)20-7-5-4-6-17(20)15-29-22(16-8-9-16)24-18-10-12-19(27-2)13-11-18;1-12-14(22)8-6-10-15(12)30-20-17(23)21(26-11-25-20)31-16-9-5-4-7-13(16)18(27-29-3)19(28)24-2/h4-7,10-14,16H,8-9,15H2,1-3H3;4-11H,1-3H3,(H,24,28)/b21-14+,24-22-;27-18-. The van der Waals surface area contributed by atoms with Gasteiger partial charge in [0.25, 0.3) is 17.7 Å². The van der Waals surface area contributed by atoms with Crippen LogP contribution in [0.2, 0.25) is 5.02 Å². The van der Waals surface area contributed by atoms with E-state index in [0.717, 1.165) is 33.9 Å². The van der Waals surface area contributed by atoms with Crippen molar-refractivity contribution in [2.75, 3.05) is 35.5 Å². The first-order valence-electron chi connectivity index (χ1n) is 18.4. The average Bonchev–Trinajstić information content (AvgIpc) is 4.13. The summed E-state index contributed by atoms with van der Waals surface area (Å²) in [7, 11) is 7.30. The fraction of sp³-hybridized carbons (Fsp3) is 0.227. The van der Waals surface area contributed by atoms with Crippen molar-refractivity contribution in [3.05, 3.63) is 137 Å². The molecular formula is C44H43ClFN5O8S. The van der Waals surface area contributed by atoms with Crippen molar-refractivity contribution >= 4 is 57.3 Å². The van der Waals surface area contributed by atoms with E-state index in [2.05, 4.69) is 20.4 Å². The van der Waals surface area contributed by atoms with Crippen LogP contribution in [0.1, 0.15) is 35.1 Å². The van der Waals surface area contributed by atoms with Gasteiger partial charge in [0.2, 0.25) is 5.82 Å². The zero-order valence-corrected chi connectivity index (χ0v) is 35.3. The van der Waals surface area contributed by atoms with Crippen molar-refractivity contribution in [2.45, 2.75) is 25.5 Å². The van der Waals surface area contributed by atoms with E-state index in [9.17, 15) is 9.59 Å². The molecule has 1 aliphatic rings. The lowest BCUT2D eigenvalue weighted by Gasteiger charge is -2.13. The second-order valence-corrected chi connectivity index (χ2v) is 14.1. The number of hydrogen-bond donors (Lipinski definition) is 1. The highest BCUT2D eigenvalue weighted by Crippen LogP contribution is 2.39. The largest absolute Gasteiger partial charge is 0.503 e. The van der Waals surface area contributed by atoms with Gasteiger partial charge in [-0.3, -0.25) is 4.79 Å². The quantitative estimate of drug-likeness (QED) is 0.0268. The zero-order valence-electron chi connectivity index (χ0n) is 33.7. The van der Waals surface area contributed by atoms with Crippen LogP contribution in [-0.2, 0) is 29.7 Å². The highest BCUT2D eigenvalue weighted by Gasteiger charge is 2.29. The van der Waals surface area contributed by atoms with Crippen LogP contribution in [-0.4, -0.2) is 68.1 Å². The monoisotopic (exact) mass is 855 g/mol. The van der Waals surface area contributed by atoms with Crippen molar-refractivity contribution in [3.8, 4) is 29.0 Å². The van der Waals surface area contributed by atoms with E-state index in [0.29, 0.717) is 33.6 Å². The number of hydrogen-bond acceptors (Lipinski definition) is 13. The minimum absolute atomic E-state index is 0.0545. The summed E-state index contributed by atoms with van der Waals surface area (Å²) in [4.78, 5) is 41.7. The van der Waals surface area contributed by atoms with Gasteiger partial charge in [0.15, 0.2) is 5.71 Å². The van der Waals surface area contributed by atoms with Gasteiger partial charge in [-0.2, -0.15) is 14.4 Å². The van der Waals surface area contributed by atoms with Gasteiger partial charge in [0.05, 0.1) is 43.9 Å². The fourth-order valence-corrected chi connectivity index (χ4v) is 6.79. The molecule has 1 fully saturated rings. The summed E-state index contributed by atoms with van der Waals surface area (Å²) in [6.07, 6.45) is 4.86. The third-order valence-electron chi connectivity index (χ3n) is 8.69. The van der Waals surface area contributed by atoms with E-state index in [1.165, 1.54) is 53.5 Å². The molecule has 0 aliphatic heterocycles. The topological polar surface area (TPSA) is 152 Å². The van der Waals surface area contributed by atoms with Crippen LogP contribution in [0.3, 0.4) is 0 Å². The van der Waals surface area contributed by atoms with Crippen LogP contribution in [0, 0.1) is 18.7 Å². The molecule has 13 nitrogen and oxygen atoms in total. The molecule has 312 valence electrons. The Morgan fingerprint density at radius 2 is 1.53 bits per heavy atom. The minimum atomic E-state index is -0.929. The molecular weight excluding hydrogens is 813 g/mol. The van der Waals surface area contributed by atoms with E-state index in [1.807, 2.05) is 48.5 Å². The number of aromatic nitrogens is 2. The Morgan fingerprint density at radius 3 is 2.17 bits per heavy atom. The number of aliphatic imine (C=N–C) groups is 1. The number of ether oxygens (including phenoxy) is 5. The first kappa shape index (κ1) is 44.6. The number of para-hydroxylation sites is 1. The molecule has 1 aromatic heterocycles. The van der Waals surface area contributed by atoms with Crippen molar-refractivity contribution < 1.29 is 42.5 Å². The summed E-state index contributed by atoms with van der Waals surface area (Å²) in [6.45, 7) is 1.74. The molecule has 0 radical (unpaired) electrons. The smallest absolute Gasteiger partial charge is 0.341 e. The number of amides is 1. The number of nitrogens with one attached hydrogen (secondary N) is 1. The van der Waals surface area contributed by atoms with Gasteiger partial charge < -0.3 is 33.8 Å². The number of rotatable bonds is 15. The Labute approximate surface area is 356 Å². The molecule has 1 aliphatic carbocycles. The lowest BCUT2D eigenvalue weighted by Crippen LogP contribution is -2.28. The van der Waals surface area contributed by atoms with Gasteiger partial charge in [-0.05, 0) is 79.4 Å². The van der Waals surface area contributed by atoms with E-state index < -0.39 is 23.6 Å². The summed E-state index contributed by atoms with van der Waals surface area (Å²) in [5, 5.41) is 7.80. The number of oxime groups is 1. The summed E-state index contributed by atoms with van der Waals surface area (Å²) in [5.41, 5.74) is 4.02. The number of thioether (sulfide) groups is 1. The van der Waals surface area contributed by atoms with Crippen LogP contribution >= 0.6 is 23.4 Å². The van der Waals surface area contributed by atoms with Crippen LogP contribution in [0.5, 0.6) is 29.0 Å². The Kier molecular flexibility index (Phi) is 16.4. The molecule has 1 saturated carbocycles. The maximum Gasteiger partial charge on any atom is 0.341 e. The maximum atomic E-state index is 15.0. The highest BCUT2D eigenvalue weighted by molar-refractivity contribution is 8.13. The maximum absolute atomic E-state index is 15.0. The van der Waals surface area contributed by atoms with Gasteiger partial charge in [0.1, 0.15) is 36.3 Å². The van der Waals surface area contributed by atoms with E-state index in [4.69, 9.17) is 45.1 Å². The Balaban J connectivity index is 0.000000228. The van der Waals surface area contributed by atoms with Crippen LogP contribution in [0.15, 0.2) is 114 Å². The molecule has 6 rings (SSSR count). The van der Waals surface area contributed by atoms with E-state index in [1.54, 1.807) is 62.2 Å². The molecule has 16 heteroatoms. The number of benzene rings is 4. The summed E-state index contributed by atoms with van der Waals surface area (Å²) in [6, 6.07) is 27.0. The number of nitrogens with zero attached hydrogens (tertiary/aromatic N) is 4. The SMILES string of the molecule is CNC(=O)/C(=N\OC)c1ccccc1Oc1ncnc(Oc2cccc(Cl)c2C)c1F.CO/C=C(/C(=O)OC)c1ccccc1CS/C(=N\c1ccc(OC)cc1)C1CC1. The van der Waals surface area contributed by atoms with Crippen molar-refractivity contribution in [2.24, 2.45) is 16.1 Å². The summed E-state index contributed by atoms with van der Waals surface area (Å²) < 4.78 is 41.5. The van der Waals surface area contributed by atoms with Gasteiger partial charge in [0, 0.05) is 29.3 Å². The molecule has 0 unspecified atom stereocenters. The van der Waals surface area contributed by atoms with Crippen molar-refractivity contribution in [1.29, 1.82) is 0 Å². The molecule has 60 heavy (non-hydrogen) atoms. The number of likely N-dealkylation sites (N-methyl/N-ethyl adjacent to an activating group) is 1. The number of carbonyl (C=O) groups is 2. The summed E-state index contributed by atoms with van der Waals surface area (Å²) >= 11 is 7.80. The first-order chi connectivity index (χ1) is 29.1. The highest BCUT2D eigenvalue weighted by atomic mass is 35.5. The molecule has 0 spiro atoms. The second-order valence-electron chi connectivity index (χ2n) is 12.7. The van der Waals surface area contributed by atoms with Crippen LogP contribution in [0.25, 0.3) is 5.57 Å². The first-order valence-corrected chi connectivity index (χ1v) is 19.8. The third-order valence-corrected chi connectivity index (χ3v) is 10.3. The molecule has 0 atom stereocenters. The van der Waals surface area contributed by atoms with Crippen molar-refractivity contribution in [1.82, 2.24) is 15.3 Å². The average molecular weight is 856 g/mol. The Bertz CT molecular complexity index is 2370. The molecule has 5 aromatic rings. The zero-order chi connectivity index (χ0) is 43.0. The lowest BCUT2D eigenvalue weighted by molar-refractivity contribution is -0.133. The Morgan fingerprint density at radius 1 is 0.883 bits per heavy atom. The Hall–Kier alpha value is -6.45. The van der Waals surface area contributed by atoms with Gasteiger partial charge >= 0.3 is 5.97 Å². The van der Waals surface area contributed by atoms with Gasteiger partial charge in [-0.1, -0.05) is 59.2 Å². The van der Waals surface area contributed by atoms with E-state index in [-0.39, 0.29) is 22.9 Å².